The minimum atomic E-state index is -4.81. The molecule has 3 aromatic rings. The third-order valence-corrected chi connectivity index (χ3v) is 11.6. The number of amides is 2. The van der Waals surface area contributed by atoms with Crippen molar-refractivity contribution in [3.63, 3.8) is 0 Å². The lowest BCUT2D eigenvalue weighted by Crippen LogP contribution is -2.68. The maximum atomic E-state index is 15.0. The van der Waals surface area contributed by atoms with E-state index >= 15 is 4.79 Å². The van der Waals surface area contributed by atoms with Crippen LogP contribution in [0.2, 0.25) is 0 Å². The summed E-state index contributed by atoms with van der Waals surface area (Å²) in [7, 11) is 0. The Labute approximate surface area is 317 Å². The van der Waals surface area contributed by atoms with Crippen molar-refractivity contribution in [2.24, 2.45) is 5.41 Å². The molecule has 0 spiro atoms. The molecule has 0 aliphatic carbocycles. The lowest BCUT2D eigenvalue weighted by atomic mass is 9.71. The highest BCUT2D eigenvalue weighted by Gasteiger charge is 2.56. The number of halogens is 3. The number of aromatic nitrogens is 1. The molecule has 2 saturated heterocycles. The second kappa shape index (κ2) is 16.5. The SMILES string of the molecule is CCC[C@H]1N(C(=O)c2ncccc2C(F)(F)F)CCC[C@@]1(Oc1csc(C)c1)C(=O)N1CCC(C#N)(c2ccccc2COCCC(C)(C)C(=O)O)CC1. The molecule has 0 radical (unpaired) electrons. The number of thiophene rings is 1. The molecule has 2 aliphatic rings. The molecule has 2 amide bonds. The first-order chi connectivity index (χ1) is 25.6. The fourth-order valence-electron chi connectivity index (χ4n) is 7.56. The minimum absolute atomic E-state index is 0.128. The van der Waals surface area contributed by atoms with Gasteiger partial charge in [-0.3, -0.25) is 19.4 Å². The highest BCUT2D eigenvalue weighted by atomic mass is 32.1. The number of rotatable bonds is 13. The molecule has 54 heavy (non-hydrogen) atoms. The summed E-state index contributed by atoms with van der Waals surface area (Å²) < 4.78 is 54.8. The Bertz CT molecular complexity index is 1870. The largest absolute Gasteiger partial charge is 0.481 e. The molecule has 5 rings (SSSR count). The number of pyridine rings is 1. The van der Waals surface area contributed by atoms with Crippen LogP contribution < -0.4 is 4.74 Å². The molecule has 0 bridgehead atoms. The summed E-state index contributed by atoms with van der Waals surface area (Å²) in [5.74, 6) is -1.75. The Balaban J connectivity index is 1.43. The number of carbonyl (C=O) groups is 3. The van der Waals surface area contributed by atoms with E-state index in [4.69, 9.17) is 9.47 Å². The molecular formula is C40H47F3N4O6S. The van der Waals surface area contributed by atoms with E-state index < -0.39 is 51.8 Å². The van der Waals surface area contributed by atoms with E-state index in [0.29, 0.717) is 44.3 Å². The van der Waals surface area contributed by atoms with E-state index in [2.05, 4.69) is 11.1 Å². The first kappa shape index (κ1) is 40.7. The number of nitrogens with zero attached hydrogens (tertiary/aromatic N) is 4. The van der Waals surface area contributed by atoms with Crippen LogP contribution in [-0.2, 0) is 32.5 Å². The number of likely N-dealkylation sites (tertiary alicyclic amines) is 2. The number of piperidine rings is 2. The molecule has 1 N–H and O–H groups in total. The van der Waals surface area contributed by atoms with Gasteiger partial charge >= 0.3 is 12.1 Å². The summed E-state index contributed by atoms with van der Waals surface area (Å²) in [4.78, 5) is 48.5. The number of ether oxygens (including phenoxy) is 2. The monoisotopic (exact) mass is 768 g/mol. The molecule has 0 saturated carbocycles. The van der Waals surface area contributed by atoms with Crippen molar-refractivity contribution >= 4 is 29.1 Å². The smallest absolute Gasteiger partial charge is 0.418 e. The van der Waals surface area contributed by atoms with Crippen molar-refractivity contribution < 1.29 is 42.1 Å². The first-order valence-electron chi connectivity index (χ1n) is 18.3. The summed E-state index contributed by atoms with van der Waals surface area (Å²) in [5.41, 5.74) is -3.76. The number of aliphatic carboxylic acids is 1. The molecule has 1 aromatic carbocycles. The van der Waals surface area contributed by atoms with Gasteiger partial charge in [0.05, 0.1) is 35.1 Å². The minimum Gasteiger partial charge on any atom is -0.481 e. The number of carbonyl (C=O) groups excluding carboxylic acids is 2. The Morgan fingerprint density at radius 2 is 1.81 bits per heavy atom. The van der Waals surface area contributed by atoms with Crippen LogP contribution in [0.15, 0.2) is 54.0 Å². The van der Waals surface area contributed by atoms with Crippen molar-refractivity contribution in [2.75, 3.05) is 26.2 Å². The number of aryl methyl sites for hydroxylation is 1. The molecule has 2 atom stereocenters. The van der Waals surface area contributed by atoms with Crippen LogP contribution in [0, 0.1) is 23.7 Å². The van der Waals surface area contributed by atoms with Crippen molar-refractivity contribution in [2.45, 2.75) is 102 Å². The van der Waals surface area contributed by atoms with Gasteiger partial charge in [-0.25, -0.2) is 0 Å². The van der Waals surface area contributed by atoms with Crippen molar-refractivity contribution in [1.29, 1.82) is 5.26 Å². The highest BCUT2D eigenvalue weighted by Crippen LogP contribution is 2.43. The van der Waals surface area contributed by atoms with Gasteiger partial charge in [0.25, 0.3) is 11.8 Å². The van der Waals surface area contributed by atoms with Gasteiger partial charge < -0.3 is 24.4 Å². The first-order valence-corrected chi connectivity index (χ1v) is 19.1. The van der Waals surface area contributed by atoms with E-state index in [0.717, 1.165) is 34.3 Å². The highest BCUT2D eigenvalue weighted by molar-refractivity contribution is 7.10. The third-order valence-electron chi connectivity index (χ3n) is 10.7. The van der Waals surface area contributed by atoms with E-state index in [1.165, 1.54) is 16.2 Å². The van der Waals surface area contributed by atoms with Gasteiger partial charge in [0.1, 0.15) is 11.4 Å². The molecular weight excluding hydrogens is 722 g/mol. The molecule has 2 aromatic heterocycles. The number of alkyl halides is 3. The van der Waals surface area contributed by atoms with Gasteiger partial charge in [-0.1, -0.05) is 37.6 Å². The second-order valence-corrected chi connectivity index (χ2v) is 15.9. The summed E-state index contributed by atoms with van der Waals surface area (Å²) in [6, 6.07) is 12.9. The molecule has 4 heterocycles. The zero-order chi connectivity index (χ0) is 39.3. The number of hydrogen-bond acceptors (Lipinski definition) is 8. The van der Waals surface area contributed by atoms with Crippen LogP contribution in [0.4, 0.5) is 13.2 Å². The van der Waals surface area contributed by atoms with E-state index in [9.17, 15) is 33.1 Å². The number of nitriles is 1. The number of benzene rings is 1. The molecule has 290 valence electrons. The van der Waals surface area contributed by atoms with E-state index in [1.807, 2.05) is 44.2 Å². The van der Waals surface area contributed by atoms with Gasteiger partial charge in [0.15, 0.2) is 0 Å². The lowest BCUT2D eigenvalue weighted by molar-refractivity contribution is -0.160. The number of carboxylic acid groups (broad SMARTS) is 1. The third kappa shape index (κ3) is 8.42. The van der Waals surface area contributed by atoms with Gasteiger partial charge in [-0.15, -0.1) is 11.3 Å². The van der Waals surface area contributed by atoms with Gasteiger partial charge in [-0.05, 0) is 82.2 Å². The van der Waals surface area contributed by atoms with Crippen LogP contribution in [0.25, 0.3) is 0 Å². The molecule has 0 unspecified atom stereocenters. The van der Waals surface area contributed by atoms with Gasteiger partial charge in [-0.2, -0.15) is 18.4 Å². The quantitative estimate of drug-likeness (QED) is 0.174. The maximum Gasteiger partial charge on any atom is 0.418 e. The Kier molecular flexibility index (Phi) is 12.4. The van der Waals surface area contributed by atoms with E-state index in [1.54, 1.807) is 24.1 Å². The summed E-state index contributed by atoms with van der Waals surface area (Å²) in [5, 5.41) is 21.9. The van der Waals surface area contributed by atoms with Gasteiger partial charge in [0, 0.05) is 49.1 Å². The Hall–Kier alpha value is -4.48. The summed E-state index contributed by atoms with van der Waals surface area (Å²) in [6.45, 7) is 8.00. The van der Waals surface area contributed by atoms with Crippen molar-refractivity contribution in [3.05, 3.63) is 81.3 Å². The zero-order valence-electron chi connectivity index (χ0n) is 31.1. The zero-order valence-corrected chi connectivity index (χ0v) is 31.9. The second-order valence-electron chi connectivity index (χ2n) is 14.8. The molecule has 2 fully saturated rings. The van der Waals surface area contributed by atoms with Crippen molar-refractivity contribution in [1.82, 2.24) is 14.8 Å². The maximum absolute atomic E-state index is 15.0. The Morgan fingerprint density at radius 1 is 1.09 bits per heavy atom. The normalized spacial score (nSPS) is 20.3. The molecule has 10 nitrogen and oxygen atoms in total. The molecule has 14 heteroatoms. The summed E-state index contributed by atoms with van der Waals surface area (Å²) in [6.07, 6.45) is -1.38. The molecule has 2 aliphatic heterocycles. The van der Waals surface area contributed by atoms with Crippen LogP contribution >= 0.6 is 11.3 Å². The fraction of sp³-hybridized carbons (Fsp3) is 0.525. The fourth-order valence-corrected chi connectivity index (χ4v) is 8.16. The lowest BCUT2D eigenvalue weighted by Gasteiger charge is -2.51. The van der Waals surface area contributed by atoms with Crippen LogP contribution in [0.1, 0.15) is 97.8 Å². The number of hydrogen-bond donors (Lipinski definition) is 1. The average Bonchev–Trinajstić information content (AvgIpc) is 3.57. The predicted molar refractivity (Wildman–Crippen MR) is 196 cm³/mol. The van der Waals surface area contributed by atoms with Crippen molar-refractivity contribution in [3.8, 4) is 11.8 Å². The average molecular weight is 769 g/mol. The van der Waals surface area contributed by atoms with Crippen LogP contribution in [0.5, 0.6) is 5.75 Å². The van der Waals surface area contributed by atoms with Crippen LogP contribution in [-0.4, -0.2) is 75.6 Å². The predicted octanol–water partition coefficient (Wildman–Crippen LogP) is 7.79. The summed E-state index contributed by atoms with van der Waals surface area (Å²) >= 11 is 1.44. The number of carboxylic acids is 1. The topological polar surface area (TPSA) is 133 Å². The van der Waals surface area contributed by atoms with Crippen LogP contribution in [0.3, 0.4) is 0 Å². The van der Waals surface area contributed by atoms with Gasteiger partial charge in [0.2, 0.25) is 5.60 Å². The Morgan fingerprint density at radius 3 is 2.44 bits per heavy atom. The van der Waals surface area contributed by atoms with E-state index in [-0.39, 0.29) is 45.2 Å². The standard InChI is InChI=1S/C40H47F3N4O6S/c1-5-10-32-39(53-29-23-27(2)54-25-29,14-9-19-47(32)34(48)33-31(40(41,42)43)13-8-18-45-33)35(49)46-20-15-38(26-44,16-21-46)30-12-7-6-11-28(30)24-52-22-17-37(3,4)36(50)51/h6-8,11-13,18,23,25,32H,5,9-10,14-17,19-22,24H2,1-4H3,(H,50,51)/t32-,39+/m1/s1.